The van der Waals surface area contributed by atoms with E-state index in [1.54, 1.807) is 19.1 Å². The summed E-state index contributed by atoms with van der Waals surface area (Å²) in [6, 6.07) is 8.64. The molecular formula is C13H13BFNO3. The molecule has 0 atom stereocenters. The van der Waals surface area contributed by atoms with Gasteiger partial charge < -0.3 is 14.6 Å². The summed E-state index contributed by atoms with van der Waals surface area (Å²) in [6.07, 6.45) is 0. The number of hydrogen-bond acceptors (Lipinski definition) is 3. The second kappa shape index (κ2) is 5.38. The summed E-state index contributed by atoms with van der Waals surface area (Å²) >= 11 is 0. The van der Waals surface area contributed by atoms with Gasteiger partial charge in [-0.25, -0.2) is 4.39 Å². The van der Waals surface area contributed by atoms with Gasteiger partial charge >= 0.3 is 7.12 Å². The van der Waals surface area contributed by atoms with Gasteiger partial charge in [-0.05, 0) is 36.1 Å². The third-order valence-electron chi connectivity index (χ3n) is 2.89. The van der Waals surface area contributed by atoms with Crippen LogP contribution >= 0.6 is 0 Å². The molecule has 0 aliphatic carbocycles. The molecule has 0 fully saturated rings. The molecular weight excluding hydrogens is 248 g/mol. The van der Waals surface area contributed by atoms with Crippen LogP contribution in [0.1, 0.15) is 11.3 Å². The minimum atomic E-state index is -1.73. The lowest BCUT2D eigenvalue weighted by Gasteiger charge is -2.11. The molecule has 0 amide bonds. The van der Waals surface area contributed by atoms with E-state index < -0.39 is 12.9 Å². The molecule has 1 aromatic heterocycles. The Kier molecular flexibility index (Phi) is 3.83. The van der Waals surface area contributed by atoms with Crippen molar-refractivity contribution in [3.05, 3.63) is 63.8 Å². The second-order valence-corrected chi connectivity index (χ2v) is 4.36. The molecule has 2 aromatic rings. The fourth-order valence-corrected chi connectivity index (χ4v) is 1.92. The van der Waals surface area contributed by atoms with E-state index in [2.05, 4.69) is 0 Å². The molecule has 1 aromatic carbocycles. The highest BCUT2D eigenvalue weighted by molar-refractivity contribution is 6.58. The lowest BCUT2D eigenvalue weighted by molar-refractivity contribution is 0.425. The Morgan fingerprint density at radius 1 is 1.26 bits per heavy atom. The van der Waals surface area contributed by atoms with E-state index in [9.17, 15) is 9.18 Å². The van der Waals surface area contributed by atoms with Crippen molar-refractivity contribution in [3.8, 4) is 0 Å². The summed E-state index contributed by atoms with van der Waals surface area (Å²) in [5, 5.41) is 18.1. The maximum Gasteiger partial charge on any atom is 0.488 e. The van der Waals surface area contributed by atoms with Crippen LogP contribution in [-0.4, -0.2) is 21.7 Å². The summed E-state index contributed by atoms with van der Waals surface area (Å²) < 4.78 is 14.9. The molecule has 2 N–H and O–H groups in total. The van der Waals surface area contributed by atoms with Gasteiger partial charge in [-0.1, -0.05) is 12.1 Å². The Labute approximate surface area is 109 Å². The first-order valence-electron chi connectivity index (χ1n) is 5.79. The fourth-order valence-electron chi connectivity index (χ4n) is 1.92. The molecule has 19 heavy (non-hydrogen) atoms. The summed E-state index contributed by atoms with van der Waals surface area (Å²) in [7, 11) is -1.73. The van der Waals surface area contributed by atoms with E-state index in [1.165, 1.54) is 22.8 Å². The zero-order valence-electron chi connectivity index (χ0n) is 10.4. The van der Waals surface area contributed by atoms with Crippen LogP contribution in [0.5, 0.6) is 0 Å². The minimum Gasteiger partial charge on any atom is -0.423 e. The van der Waals surface area contributed by atoms with Crippen LogP contribution in [0.2, 0.25) is 0 Å². The zero-order chi connectivity index (χ0) is 14.0. The van der Waals surface area contributed by atoms with Gasteiger partial charge in [0.25, 0.3) is 5.56 Å². The Morgan fingerprint density at radius 3 is 2.63 bits per heavy atom. The van der Waals surface area contributed by atoms with Crippen LogP contribution in [-0.2, 0) is 6.54 Å². The van der Waals surface area contributed by atoms with Gasteiger partial charge in [-0.3, -0.25) is 4.79 Å². The van der Waals surface area contributed by atoms with E-state index in [-0.39, 0.29) is 17.6 Å². The van der Waals surface area contributed by atoms with Crippen molar-refractivity contribution < 1.29 is 14.4 Å². The number of rotatable bonds is 3. The van der Waals surface area contributed by atoms with Crippen molar-refractivity contribution in [1.29, 1.82) is 0 Å². The van der Waals surface area contributed by atoms with Crippen molar-refractivity contribution >= 4 is 12.6 Å². The molecule has 98 valence electrons. The molecule has 2 rings (SSSR count). The van der Waals surface area contributed by atoms with Gasteiger partial charge in [-0.2, -0.15) is 0 Å². The molecule has 1 heterocycles. The quantitative estimate of drug-likeness (QED) is 0.766. The Hall–Kier alpha value is -1.92. The first-order chi connectivity index (χ1) is 8.97. The van der Waals surface area contributed by atoms with E-state index in [1.807, 2.05) is 0 Å². The second-order valence-electron chi connectivity index (χ2n) is 4.36. The standard InChI is InChI=1S/C13H13BFNO3/c1-9-3-2-4-13(17)16(9)8-10-5-11(14(18)19)7-12(15)6-10/h2-7,18-19H,8H2,1H3. The van der Waals surface area contributed by atoms with Crippen LogP contribution in [0.25, 0.3) is 0 Å². The molecule has 6 heteroatoms. The molecule has 0 aliphatic rings. The van der Waals surface area contributed by atoms with Gasteiger partial charge in [0.15, 0.2) is 0 Å². The van der Waals surface area contributed by atoms with Crippen molar-refractivity contribution in [2.45, 2.75) is 13.5 Å². The number of benzene rings is 1. The monoisotopic (exact) mass is 261 g/mol. The predicted octanol–water partition coefficient (Wildman–Crippen LogP) is 0.0239. The maximum atomic E-state index is 13.4. The summed E-state index contributed by atoms with van der Waals surface area (Å²) in [5.74, 6) is -0.567. The molecule has 0 unspecified atom stereocenters. The highest BCUT2D eigenvalue weighted by Crippen LogP contribution is 2.05. The number of nitrogens with zero attached hydrogens (tertiary/aromatic N) is 1. The molecule has 0 bridgehead atoms. The lowest BCUT2D eigenvalue weighted by atomic mass is 9.79. The maximum absolute atomic E-state index is 13.4. The van der Waals surface area contributed by atoms with Crippen molar-refractivity contribution in [2.24, 2.45) is 0 Å². The smallest absolute Gasteiger partial charge is 0.423 e. The van der Waals surface area contributed by atoms with Crippen LogP contribution in [0, 0.1) is 12.7 Å². The van der Waals surface area contributed by atoms with Gasteiger partial charge in [0.2, 0.25) is 0 Å². The number of halogens is 1. The van der Waals surface area contributed by atoms with Crippen LogP contribution in [0.3, 0.4) is 0 Å². The average molecular weight is 261 g/mol. The van der Waals surface area contributed by atoms with Gasteiger partial charge in [0, 0.05) is 11.8 Å². The van der Waals surface area contributed by atoms with Gasteiger partial charge in [-0.15, -0.1) is 0 Å². The van der Waals surface area contributed by atoms with E-state index in [4.69, 9.17) is 10.0 Å². The van der Waals surface area contributed by atoms with Gasteiger partial charge in [0.1, 0.15) is 5.82 Å². The molecule has 0 saturated carbocycles. The minimum absolute atomic E-state index is 0.0663. The lowest BCUT2D eigenvalue weighted by Crippen LogP contribution is -2.31. The normalized spacial score (nSPS) is 10.5. The Morgan fingerprint density at radius 2 is 2.00 bits per heavy atom. The first-order valence-corrected chi connectivity index (χ1v) is 5.79. The van der Waals surface area contributed by atoms with Crippen molar-refractivity contribution in [1.82, 2.24) is 4.57 Å². The topological polar surface area (TPSA) is 62.5 Å². The first kappa shape index (κ1) is 13.5. The zero-order valence-corrected chi connectivity index (χ0v) is 10.4. The molecule has 4 nitrogen and oxygen atoms in total. The number of pyridine rings is 1. The Bertz CT molecular complexity index is 655. The van der Waals surface area contributed by atoms with E-state index >= 15 is 0 Å². The van der Waals surface area contributed by atoms with Crippen LogP contribution in [0.4, 0.5) is 4.39 Å². The highest BCUT2D eigenvalue weighted by Gasteiger charge is 2.13. The third kappa shape index (κ3) is 3.10. The molecule has 0 radical (unpaired) electrons. The summed E-state index contributed by atoms with van der Waals surface area (Å²) in [5.41, 5.74) is 1.13. The summed E-state index contributed by atoms with van der Waals surface area (Å²) in [4.78, 5) is 11.7. The van der Waals surface area contributed by atoms with Crippen molar-refractivity contribution in [3.63, 3.8) is 0 Å². The van der Waals surface area contributed by atoms with Crippen molar-refractivity contribution in [2.75, 3.05) is 0 Å². The largest absolute Gasteiger partial charge is 0.488 e. The SMILES string of the molecule is Cc1cccc(=O)n1Cc1cc(F)cc(B(O)O)c1. The van der Waals surface area contributed by atoms with Crippen LogP contribution in [0.15, 0.2) is 41.2 Å². The predicted molar refractivity (Wildman–Crippen MR) is 70.8 cm³/mol. The fraction of sp³-hybridized carbons (Fsp3) is 0.154. The Balaban J connectivity index is 2.41. The van der Waals surface area contributed by atoms with Crippen LogP contribution < -0.4 is 11.0 Å². The number of aryl methyl sites for hydroxylation is 1. The van der Waals surface area contributed by atoms with E-state index in [0.717, 1.165) is 11.8 Å². The average Bonchev–Trinajstić information content (AvgIpc) is 2.33. The molecule has 0 aliphatic heterocycles. The molecule has 0 spiro atoms. The molecule has 0 saturated heterocycles. The highest BCUT2D eigenvalue weighted by atomic mass is 19.1. The number of hydrogen-bond donors (Lipinski definition) is 2. The number of aromatic nitrogens is 1. The third-order valence-corrected chi connectivity index (χ3v) is 2.89. The van der Waals surface area contributed by atoms with Gasteiger partial charge in [0.05, 0.1) is 6.54 Å². The summed E-state index contributed by atoms with van der Waals surface area (Å²) in [6.45, 7) is 1.96. The van der Waals surface area contributed by atoms with E-state index in [0.29, 0.717) is 5.56 Å².